The topological polar surface area (TPSA) is 88.2 Å². The van der Waals surface area contributed by atoms with E-state index >= 15 is 0 Å². The zero-order chi connectivity index (χ0) is 19.4. The largest absolute Gasteiger partial charge is 0.326 e. The number of aromatic nitrogens is 1. The number of benzene rings is 2. The van der Waals surface area contributed by atoms with Crippen LogP contribution in [0.3, 0.4) is 0 Å². The predicted molar refractivity (Wildman–Crippen MR) is 108 cm³/mol. The molecule has 6 nitrogen and oxygen atoms in total. The first kappa shape index (κ1) is 19.1. The molecule has 3 aromatic rings. The van der Waals surface area contributed by atoms with Crippen LogP contribution in [0.15, 0.2) is 58.8 Å². The summed E-state index contributed by atoms with van der Waals surface area (Å²) in [6.45, 7) is 3.48. The maximum absolute atomic E-state index is 12.5. The van der Waals surface area contributed by atoms with E-state index in [1.807, 2.05) is 29.6 Å². The number of carbonyl (C=O) groups is 1. The number of nitrogens with one attached hydrogen (secondary N) is 2. The maximum atomic E-state index is 12.5. The number of sulfonamides is 1. The summed E-state index contributed by atoms with van der Waals surface area (Å²) in [6.07, 6.45) is 0.961. The van der Waals surface area contributed by atoms with Crippen molar-refractivity contribution in [3.05, 3.63) is 59.5 Å². The molecule has 0 saturated heterocycles. The monoisotopic (exact) mass is 401 g/mol. The van der Waals surface area contributed by atoms with E-state index in [2.05, 4.69) is 21.9 Å². The van der Waals surface area contributed by atoms with Gasteiger partial charge >= 0.3 is 0 Å². The second kappa shape index (κ2) is 7.89. The minimum atomic E-state index is -3.75. The van der Waals surface area contributed by atoms with Gasteiger partial charge in [-0.1, -0.05) is 31.2 Å². The summed E-state index contributed by atoms with van der Waals surface area (Å²) < 4.78 is 27.6. The summed E-state index contributed by atoms with van der Waals surface area (Å²) in [5.74, 6) is -0.217. The van der Waals surface area contributed by atoms with Crippen molar-refractivity contribution in [3.63, 3.8) is 0 Å². The number of aryl methyl sites for hydroxylation is 1. The molecule has 2 aromatic carbocycles. The van der Waals surface area contributed by atoms with Gasteiger partial charge in [-0.3, -0.25) is 9.52 Å². The van der Waals surface area contributed by atoms with Gasteiger partial charge in [-0.2, -0.15) is 0 Å². The lowest BCUT2D eigenvalue weighted by atomic mass is 10.1. The van der Waals surface area contributed by atoms with E-state index in [1.165, 1.54) is 36.0 Å². The van der Waals surface area contributed by atoms with E-state index in [0.717, 1.165) is 17.7 Å². The number of thiazole rings is 1. The van der Waals surface area contributed by atoms with E-state index in [0.29, 0.717) is 10.8 Å². The number of nitrogens with zero attached hydrogens (tertiary/aromatic N) is 1. The molecular formula is C19H19N3O3S2. The van der Waals surface area contributed by atoms with Gasteiger partial charge in [0.2, 0.25) is 5.91 Å². The lowest BCUT2D eigenvalue weighted by molar-refractivity contribution is -0.114. The maximum Gasteiger partial charge on any atom is 0.263 e. The lowest BCUT2D eigenvalue weighted by Gasteiger charge is -2.07. The Bertz CT molecular complexity index is 1040. The molecule has 0 bridgehead atoms. The Morgan fingerprint density at radius 1 is 1.07 bits per heavy atom. The van der Waals surface area contributed by atoms with Crippen molar-refractivity contribution in [2.75, 3.05) is 10.0 Å². The van der Waals surface area contributed by atoms with E-state index in [4.69, 9.17) is 0 Å². The third-order valence-corrected chi connectivity index (χ3v) is 6.11. The van der Waals surface area contributed by atoms with E-state index < -0.39 is 10.0 Å². The van der Waals surface area contributed by atoms with Crippen LogP contribution in [0.4, 0.5) is 10.8 Å². The quantitative estimate of drug-likeness (QED) is 0.650. The van der Waals surface area contributed by atoms with E-state index in [-0.39, 0.29) is 10.8 Å². The second-order valence-corrected chi connectivity index (χ2v) is 8.44. The van der Waals surface area contributed by atoms with E-state index in [1.54, 1.807) is 12.1 Å². The lowest BCUT2D eigenvalue weighted by Crippen LogP contribution is -2.13. The first-order valence-corrected chi connectivity index (χ1v) is 10.7. The zero-order valence-electron chi connectivity index (χ0n) is 14.9. The SMILES string of the molecule is CCc1ccc(-c2csc(NS(=O)(=O)c3ccc(NC(C)=O)cc3)n2)cc1. The molecule has 1 amide bonds. The molecule has 0 atom stereocenters. The number of hydrogen-bond acceptors (Lipinski definition) is 5. The van der Waals surface area contributed by atoms with Crippen molar-refractivity contribution in [1.82, 2.24) is 4.98 Å². The van der Waals surface area contributed by atoms with Crippen LogP contribution < -0.4 is 10.0 Å². The number of carbonyl (C=O) groups excluding carboxylic acids is 1. The first-order valence-electron chi connectivity index (χ1n) is 8.32. The number of anilines is 2. The summed E-state index contributed by atoms with van der Waals surface area (Å²) in [5, 5.41) is 4.72. The normalized spacial score (nSPS) is 11.2. The van der Waals surface area contributed by atoms with Crippen molar-refractivity contribution in [3.8, 4) is 11.3 Å². The first-order chi connectivity index (χ1) is 12.9. The number of rotatable bonds is 6. The standard InChI is InChI=1S/C19H19N3O3S2/c1-3-14-4-6-15(7-5-14)18-12-26-19(21-18)22-27(24,25)17-10-8-16(9-11-17)20-13(2)23/h4-12H,3H2,1-2H3,(H,20,23)(H,21,22). The highest BCUT2D eigenvalue weighted by Crippen LogP contribution is 2.27. The minimum absolute atomic E-state index is 0.0978. The average molecular weight is 402 g/mol. The molecule has 0 aliphatic heterocycles. The Labute approximate surface area is 162 Å². The van der Waals surface area contributed by atoms with Crippen LogP contribution in [0.2, 0.25) is 0 Å². The molecule has 8 heteroatoms. The van der Waals surface area contributed by atoms with Crippen LogP contribution in [0, 0.1) is 0 Å². The highest BCUT2D eigenvalue weighted by molar-refractivity contribution is 7.93. The van der Waals surface area contributed by atoms with Gasteiger partial charge < -0.3 is 5.32 Å². The van der Waals surface area contributed by atoms with Crippen LogP contribution in [0.5, 0.6) is 0 Å². The molecule has 1 heterocycles. The molecule has 0 aliphatic carbocycles. The Kier molecular flexibility index (Phi) is 5.57. The summed E-state index contributed by atoms with van der Waals surface area (Å²) >= 11 is 1.23. The number of hydrogen-bond donors (Lipinski definition) is 2. The van der Waals surface area contributed by atoms with Crippen LogP contribution in [0.1, 0.15) is 19.4 Å². The highest BCUT2D eigenvalue weighted by Gasteiger charge is 2.16. The van der Waals surface area contributed by atoms with Gasteiger partial charge in [-0.05, 0) is 36.2 Å². The van der Waals surface area contributed by atoms with Gasteiger partial charge in [0, 0.05) is 23.6 Å². The van der Waals surface area contributed by atoms with Gasteiger partial charge in [0.25, 0.3) is 10.0 Å². The highest BCUT2D eigenvalue weighted by atomic mass is 32.2. The van der Waals surface area contributed by atoms with Gasteiger partial charge in [-0.25, -0.2) is 13.4 Å². The van der Waals surface area contributed by atoms with Crippen LogP contribution in [0.25, 0.3) is 11.3 Å². The molecule has 140 valence electrons. The van der Waals surface area contributed by atoms with Crippen LogP contribution >= 0.6 is 11.3 Å². The van der Waals surface area contributed by atoms with Gasteiger partial charge in [0.1, 0.15) is 0 Å². The molecule has 0 spiro atoms. The summed E-state index contributed by atoms with van der Waals surface area (Å²) in [4.78, 5) is 15.5. The summed E-state index contributed by atoms with van der Waals surface area (Å²) in [7, 11) is -3.75. The molecule has 3 rings (SSSR count). The summed E-state index contributed by atoms with van der Waals surface area (Å²) in [6, 6.07) is 14.0. The second-order valence-electron chi connectivity index (χ2n) is 5.90. The average Bonchev–Trinajstić information content (AvgIpc) is 3.09. The van der Waals surface area contributed by atoms with Crippen molar-refractivity contribution < 1.29 is 13.2 Å². The predicted octanol–water partition coefficient (Wildman–Crippen LogP) is 4.13. The third kappa shape index (κ3) is 4.72. The molecule has 0 saturated carbocycles. The van der Waals surface area contributed by atoms with Crippen LogP contribution in [-0.4, -0.2) is 19.3 Å². The molecule has 0 unspecified atom stereocenters. The van der Waals surface area contributed by atoms with Crippen molar-refractivity contribution in [2.24, 2.45) is 0 Å². The molecule has 0 fully saturated rings. The fourth-order valence-electron chi connectivity index (χ4n) is 2.46. The molecule has 2 N–H and O–H groups in total. The van der Waals surface area contributed by atoms with Gasteiger partial charge in [0.15, 0.2) is 5.13 Å². The fourth-order valence-corrected chi connectivity index (χ4v) is 4.43. The molecule has 1 aromatic heterocycles. The smallest absolute Gasteiger partial charge is 0.263 e. The molecule has 27 heavy (non-hydrogen) atoms. The molecular weight excluding hydrogens is 382 g/mol. The van der Waals surface area contributed by atoms with Gasteiger partial charge in [0.05, 0.1) is 10.6 Å². The summed E-state index contributed by atoms with van der Waals surface area (Å²) in [5.41, 5.74) is 3.43. The number of amides is 1. The van der Waals surface area contributed by atoms with Crippen molar-refractivity contribution in [2.45, 2.75) is 25.2 Å². The van der Waals surface area contributed by atoms with Crippen LogP contribution in [-0.2, 0) is 21.2 Å². The zero-order valence-corrected chi connectivity index (χ0v) is 16.5. The van der Waals surface area contributed by atoms with Crippen molar-refractivity contribution in [1.29, 1.82) is 0 Å². The Morgan fingerprint density at radius 2 is 1.74 bits per heavy atom. The third-order valence-electron chi connectivity index (χ3n) is 3.87. The Morgan fingerprint density at radius 3 is 2.33 bits per heavy atom. The molecule has 0 radical (unpaired) electrons. The Balaban J connectivity index is 1.76. The van der Waals surface area contributed by atoms with Crippen molar-refractivity contribution >= 4 is 38.1 Å². The molecule has 0 aliphatic rings. The Hall–Kier alpha value is -2.71. The van der Waals surface area contributed by atoms with E-state index in [9.17, 15) is 13.2 Å². The minimum Gasteiger partial charge on any atom is -0.326 e. The van der Waals surface area contributed by atoms with Gasteiger partial charge in [-0.15, -0.1) is 11.3 Å². The fraction of sp³-hybridized carbons (Fsp3) is 0.158.